The number of ether oxygens (including phenoxy) is 1. The molecular weight excluding hydrogens is 294 g/mol. The molecule has 110 valence electrons. The zero-order chi connectivity index (χ0) is 14.9. The molecule has 0 radical (unpaired) electrons. The Hall–Kier alpha value is -2.03. The fourth-order valence-electron chi connectivity index (χ4n) is 2.99. The second-order valence-corrected chi connectivity index (χ2v) is 6.03. The van der Waals surface area contributed by atoms with Crippen LogP contribution in [0.25, 0.3) is 10.8 Å². The lowest BCUT2D eigenvalue weighted by atomic mass is 10.0. The summed E-state index contributed by atoms with van der Waals surface area (Å²) in [6.07, 6.45) is 0. The van der Waals surface area contributed by atoms with E-state index in [9.17, 15) is 0 Å². The highest BCUT2D eigenvalue weighted by atomic mass is 35.5. The molecule has 0 saturated carbocycles. The molecule has 0 N–H and O–H groups in total. The largest absolute Gasteiger partial charge is 0.477 e. The van der Waals surface area contributed by atoms with Crippen molar-refractivity contribution in [2.45, 2.75) is 13.1 Å². The van der Waals surface area contributed by atoms with Gasteiger partial charge in [-0.3, -0.25) is 4.90 Å². The Morgan fingerprint density at radius 3 is 2.68 bits per heavy atom. The second-order valence-electron chi connectivity index (χ2n) is 5.63. The first kappa shape index (κ1) is 13.6. The van der Waals surface area contributed by atoms with Crippen LogP contribution in [0.4, 0.5) is 0 Å². The monoisotopic (exact) mass is 309 g/mol. The van der Waals surface area contributed by atoms with Crippen LogP contribution in [-0.4, -0.2) is 11.6 Å². The number of hydrogen-bond donors (Lipinski definition) is 0. The Kier molecular flexibility index (Phi) is 3.49. The topological polar surface area (TPSA) is 12.5 Å². The quantitative estimate of drug-likeness (QED) is 0.671. The van der Waals surface area contributed by atoms with Gasteiger partial charge in [-0.25, -0.2) is 0 Å². The highest BCUT2D eigenvalue weighted by Gasteiger charge is 2.19. The van der Waals surface area contributed by atoms with E-state index in [0.29, 0.717) is 6.73 Å². The van der Waals surface area contributed by atoms with Gasteiger partial charge >= 0.3 is 0 Å². The van der Waals surface area contributed by atoms with Crippen molar-refractivity contribution in [2.24, 2.45) is 0 Å². The van der Waals surface area contributed by atoms with E-state index in [1.807, 2.05) is 18.2 Å². The van der Waals surface area contributed by atoms with Crippen molar-refractivity contribution >= 4 is 22.4 Å². The molecule has 3 aromatic carbocycles. The summed E-state index contributed by atoms with van der Waals surface area (Å²) in [5.41, 5.74) is 2.37. The van der Waals surface area contributed by atoms with Gasteiger partial charge in [0.1, 0.15) is 12.5 Å². The van der Waals surface area contributed by atoms with Crippen LogP contribution in [0.5, 0.6) is 5.75 Å². The molecule has 1 aliphatic heterocycles. The minimum absolute atomic E-state index is 0.590. The Labute approximate surface area is 134 Å². The van der Waals surface area contributed by atoms with Gasteiger partial charge in [0.15, 0.2) is 0 Å². The van der Waals surface area contributed by atoms with Crippen molar-refractivity contribution in [2.75, 3.05) is 6.73 Å². The van der Waals surface area contributed by atoms with Crippen LogP contribution in [0.3, 0.4) is 0 Å². The molecule has 3 aromatic rings. The van der Waals surface area contributed by atoms with Gasteiger partial charge in [-0.05, 0) is 17.0 Å². The minimum atomic E-state index is 0.590. The van der Waals surface area contributed by atoms with Crippen molar-refractivity contribution in [1.82, 2.24) is 4.90 Å². The van der Waals surface area contributed by atoms with Gasteiger partial charge in [0.05, 0.1) is 0 Å². The summed E-state index contributed by atoms with van der Waals surface area (Å²) in [7, 11) is 0. The molecule has 0 atom stereocenters. The van der Waals surface area contributed by atoms with Gasteiger partial charge in [-0.2, -0.15) is 0 Å². The smallest absolute Gasteiger partial charge is 0.142 e. The molecule has 1 aliphatic rings. The van der Waals surface area contributed by atoms with E-state index >= 15 is 0 Å². The number of halogens is 1. The standard InChI is InChI=1S/C19H16ClNO/c20-18-8-4-2-6-15(18)11-21-12-16-10-9-14-5-1-3-7-17(14)19(16)22-13-21/h1-10H,11-13H2. The predicted octanol–water partition coefficient (Wildman–Crippen LogP) is 4.85. The maximum Gasteiger partial charge on any atom is 0.142 e. The van der Waals surface area contributed by atoms with Crippen LogP contribution in [0.2, 0.25) is 5.02 Å². The Morgan fingerprint density at radius 1 is 0.955 bits per heavy atom. The molecule has 0 saturated heterocycles. The maximum absolute atomic E-state index is 6.25. The third kappa shape index (κ3) is 2.45. The average Bonchev–Trinajstić information content (AvgIpc) is 2.57. The molecule has 0 spiro atoms. The maximum atomic E-state index is 6.25. The predicted molar refractivity (Wildman–Crippen MR) is 90.1 cm³/mol. The summed E-state index contributed by atoms with van der Waals surface area (Å²) in [5, 5.41) is 3.23. The first-order valence-electron chi connectivity index (χ1n) is 7.40. The summed E-state index contributed by atoms with van der Waals surface area (Å²) < 4.78 is 6.04. The molecule has 0 unspecified atom stereocenters. The summed E-state index contributed by atoms with van der Waals surface area (Å²) in [6, 6.07) is 20.7. The number of nitrogens with zero attached hydrogens (tertiary/aromatic N) is 1. The summed E-state index contributed by atoms with van der Waals surface area (Å²) in [4.78, 5) is 2.26. The van der Waals surface area contributed by atoms with Gasteiger partial charge in [-0.15, -0.1) is 0 Å². The first-order valence-corrected chi connectivity index (χ1v) is 7.78. The molecule has 0 aliphatic carbocycles. The first-order chi connectivity index (χ1) is 10.8. The highest BCUT2D eigenvalue weighted by Crippen LogP contribution is 2.34. The minimum Gasteiger partial charge on any atom is -0.477 e. The summed E-state index contributed by atoms with van der Waals surface area (Å²) >= 11 is 6.25. The average molecular weight is 310 g/mol. The fourth-order valence-corrected chi connectivity index (χ4v) is 3.19. The molecule has 0 bridgehead atoms. The van der Waals surface area contributed by atoms with Crippen LogP contribution in [0.15, 0.2) is 60.7 Å². The molecule has 2 nitrogen and oxygen atoms in total. The van der Waals surface area contributed by atoms with Crippen LogP contribution in [0.1, 0.15) is 11.1 Å². The van der Waals surface area contributed by atoms with E-state index in [-0.39, 0.29) is 0 Å². The number of benzene rings is 3. The van der Waals surface area contributed by atoms with E-state index in [0.717, 1.165) is 29.4 Å². The SMILES string of the molecule is Clc1ccccc1CN1COc2c(ccc3ccccc23)C1. The van der Waals surface area contributed by atoms with E-state index in [1.54, 1.807) is 0 Å². The molecule has 0 aromatic heterocycles. The Balaban J connectivity index is 1.62. The van der Waals surface area contributed by atoms with Crippen molar-refractivity contribution < 1.29 is 4.74 Å². The number of rotatable bonds is 2. The van der Waals surface area contributed by atoms with Crippen molar-refractivity contribution in [3.8, 4) is 5.75 Å². The molecule has 4 rings (SSSR count). The van der Waals surface area contributed by atoms with Crippen molar-refractivity contribution in [3.63, 3.8) is 0 Å². The molecular formula is C19H16ClNO. The lowest BCUT2D eigenvalue weighted by molar-refractivity contribution is 0.0904. The van der Waals surface area contributed by atoms with Crippen molar-refractivity contribution in [3.05, 3.63) is 76.8 Å². The summed E-state index contributed by atoms with van der Waals surface area (Å²) in [5.74, 6) is 1.02. The van der Waals surface area contributed by atoms with E-state index < -0.39 is 0 Å². The number of fused-ring (bicyclic) bond motifs is 3. The zero-order valence-electron chi connectivity index (χ0n) is 12.1. The van der Waals surface area contributed by atoms with Crippen molar-refractivity contribution in [1.29, 1.82) is 0 Å². The lowest BCUT2D eigenvalue weighted by Crippen LogP contribution is -2.31. The molecule has 22 heavy (non-hydrogen) atoms. The van der Waals surface area contributed by atoms with E-state index in [2.05, 4.69) is 47.4 Å². The molecule has 0 fully saturated rings. The normalized spacial score (nSPS) is 14.6. The zero-order valence-corrected chi connectivity index (χ0v) is 12.9. The fraction of sp³-hybridized carbons (Fsp3) is 0.158. The van der Waals surface area contributed by atoms with Crippen LogP contribution < -0.4 is 4.74 Å². The van der Waals surface area contributed by atoms with Gasteiger partial charge in [-0.1, -0.05) is 66.2 Å². The van der Waals surface area contributed by atoms with Gasteiger partial charge in [0.2, 0.25) is 0 Å². The van der Waals surface area contributed by atoms with Gasteiger partial charge in [0.25, 0.3) is 0 Å². The van der Waals surface area contributed by atoms with E-state index in [4.69, 9.17) is 16.3 Å². The lowest BCUT2D eigenvalue weighted by Gasteiger charge is -2.30. The third-order valence-corrected chi connectivity index (χ3v) is 4.47. The molecule has 0 amide bonds. The van der Waals surface area contributed by atoms with Gasteiger partial charge in [0, 0.05) is 29.1 Å². The Bertz CT molecular complexity index is 831. The van der Waals surface area contributed by atoms with Crippen LogP contribution in [-0.2, 0) is 13.1 Å². The number of hydrogen-bond acceptors (Lipinski definition) is 2. The third-order valence-electron chi connectivity index (χ3n) is 4.10. The van der Waals surface area contributed by atoms with Gasteiger partial charge < -0.3 is 4.74 Å². The van der Waals surface area contributed by atoms with E-state index in [1.165, 1.54) is 16.3 Å². The summed E-state index contributed by atoms with van der Waals surface area (Å²) in [6.45, 7) is 2.27. The highest BCUT2D eigenvalue weighted by molar-refractivity contribution is 6.31. The van der Waals surface area contributed by atoms with Crippen LogP contribution in [0, 0.1) is 0 Å². The second kappa shape index (κ2) is 5.64. The molecule has 1 heterocycles. The molecule has 3 heteroatoms. The van der Waals surface area contributed by atoms with Crippen LogP contribution >= 0.6 is 11.6 Å². The Morgan fingerprint density at radius 2 is 1.77 bits per heavy atom.